The summed E-state index contributed by atoms with van der Waals surface area (Å²) < 4.78 is 50.8. The van der Waals surface area contributed by atoms with Crippen LogP contribution in [0.2, 0.25) is 10.3 Å². The van der Waals surface area contributed by atoms with Gasteiger partial charge in [0.05, 0.1) is 12.4 Å². The van der Waals surface area contributed by atoms with E-state index in [1.54, 1.807) is 80.2 Å². The van der Waals surface area contributed by atoms with Crippen molar-refractivity contribution in [3.8, 4) is 35.7 Å². The van der Waals surface area contributed by atoms with Gasteiger partial charge in [0.2, 0.25) is 0 Å². The van der Waals surface area contributed by atoms with E-state index in [1.807, 2.05) is 24.3 Å². The molecule has 48 heavy (non-hydrogen) atoms. The average Bonchev–Trinajstić information content (AvgIpc) is 3.43. The summed E-state index contributed by atoms with van der Waals surface area (Å²) in [6.07, 6.45) is 11.5. The number of rotatable bonds is 4. The number of thiophene rings is 1. The molecule has 5 heterocycles. The van der Waals surface area contributed by atoms with Crippen LogP contribution in [0.1, 0.15) is 6.92 Å². The van der Waals surface area contributed by atoms with Crippen molar-refractivity contribution in [1.82, 2.24) is 19.9 Å². The van der Waals surface area contributed by atoms with Gasteiger partial charge in [-0.2, -0.15) is 0 Å². The maximum atomic E-state index is 13.1. The molecule has 12 heteroatoms. The first-order chi connectivity index (χ1) is 23.2. The molecule has 0 atom stereocenters. The molecule has 7 aromatic rings. The molecule has 0 unspecified atom stereocenters. The van der Waals surface area contributed by atoms with Gasteiger partial charge >= 0.3 is 5.51 Å². The summed E-state index contributed by atoms with van der Waals surface area (Å²) in [5, 5.41) is 3.99. The molecule has 5 aromatic heterocycles. The minimum atomic E-state index is -4.21. The van der Waals surface area contributed by atoms with Gasteiger partial charge in [-0.15, -0.1) is 25.5 Å². The Hall–Kier alpha value is -5.13. The van der Waals surface area contributed by atoms with Crippen molar-refractivity contribution in [3.05, 3.63) is 108 Å². The fourth-order valence-electron chi connectivity index (χ4n) is 4.59. The monoisotopic (exact) mass is 703 g/mol. The second-order valence-electron chi connectivity index (χ2n) is 9.64. The van der Waals surface area contributed by atoms with Gasteiger partial charge in [0.1, 0.15) is 46.2 Å². The normalized spacial score (nSPS) is 10.7. The van der Waals surface area contributed by atoms with Crippen molar-refractivity contribution in [3.63, 3.8) is 0 Å². The zero-order chi connectivity index (χ0) is 34.1. The van der Waals surface area contributed by atoms with Crippen LogP contribution in [0.15, 0.2) is 97.6 Å². The Morgan fingerprint density at radius 2 is 1.21 bits per heavy atom. The lowest BCUT2D eigenvalue weighted by molar-refractivity contribution is -0.0862. The van der Waals surface area contributed by atoms with E-state index in [4.69, 9.17) is 39.1 Å². The van der Waals surface area contributed by atoms with Crippen LogP contribution in [-0.4, -0.2) is 33.1 Å². The molecule has 0 fully saturated rings. The molecule has 0 saturated carbocycles. The van der Waals surface area contributed by atoms with Gasteiger partial charge in [0, 0.05) is 33.9 Å². The van der Waals surface area contributed by atoms with Crippen LogP contribution in [0.25, 0.3) is 42.0 Å². The molecule has 0 bridgehead atoms. The van der Waals surface area contributed by atoms with Crippen LogP contribution in [-0.2, 0) is 5.51 Å². The lowest BCUT2D eigenvalue weighted by Gasteiger charge is -2.03. The fourth-order valence-corrected chi connectivity index (χ4v) is 6.98. The molecule has 7 rings (SSSR count). The molecule has 0 saturated heterocycles. The van der Waals surface area contributed by atoms with Crippen LogP contribution in [0.5, 0.6) is 11.5 Å². The molecule has 6 nitrogen and oxygen atoms in total. The van der Waals surface area contributed by atoms with Crippen molar-refractivity contribution in [2.24, 2.45) is 0 Å². The zero-order valence-electron chi connectivity index (χ0n) is 25.1. The fraction of sp³-hybridized carbons (Fsp3) is 0.111. The van der Waals surface area contributed by atoms with Crippen LogP contribution >= 0.6 is 33.7 Å². The first kappa shape index (κ1) is 34.2. The second-order valence-corrected chi connectivity index (χ2v) is 12.3. The predicted molar refractivity (Wildman–Crippen MR) is 188 cm³/mol. The topological polar surface area (TPSA) is 70.0 Å². The summed E-state index contributed by atoms with van der Waals surface area (Å²) in [4.78, 5) is 16.2. The Bertz CT molecular complexity index is 2280. The van der Waals surface area contributed by atoms with Crippen molar-refractivity contribution < 1.29 is 22.6 Å². The molecular formula is C36H24Cl2F3N4O2S+. The number of nitrogens with zero attached hydrogens (tertiary/aromatic N) is 4. The first-order valence-electron chi connectivity index (χ1n) is 14.1. The van der Waals surface area contributed by atoms with Gasteiger partial charge in [0.15, 0.2) is 19.7 Å². The number of halogens is 5. The zero-order valence-corrected chi connectivity index (χ0v) is 27.5. The highest BCUT2D eigenvalue weighted by Crippen LogP contribution is 2.53. The molecule has 0 aliphatic rings. The maximum Gasteiger partial charge on any atom is 0.601 e. The number of terminal acetylenes is 1. The van der Waals surface area contributed by atoms with E-state index in [-0.39, 0.29) is 6.61 Å². The molecule has 0 radical (unpaired) electrons. The van der Waals surface area contributed by atoms with E-state index in [1.165, 1.54) is 0 Å². The van der Waals surface area contributed by atoms with Gasteiger partial charge in [-0.3, -0.25) is 0 Å². The Morgan fingerprint density at radius 1 is 0.729 bits per heavy atom. The number of pyridine rings is 4. The second kappa shape index (κ2) is 15.6. The first-order valence-corrected chi connectivity index (χ1v) is 16.1. The van der Waals surface area contributed by atoms with Gasteiger partial charge in [-0.25, -0.2) is 19.9 Å². The molecule has 0 spiro atoms. The minimum Gasteiger partial charge on any atom is -0.479 e. The van der Waals surface area contributed by atoms with E-state index in [9.17, 15) is 13.2 Å². The summed E-state index contributed by atoms with van der Waals surface area (Å²) in [6.45, 7) is 2.36. The van der Waals surface area contributed by atoms with Gasteiger partial charge in [-0.1, -0.05) is 59.3 Å². The Morgan fingerprint density at radius 3 is 1.67 bits per heavy atom. The van der Waals surface area contributed by atoms with E-state index >= 15 is 0 Å². The standard InChI is InChI=1S/C13H8F3S.C12H9ClN2O.C11H7ClN2O/c14-13(15,16)17-11-7-3-1-5-9(11)10-6-2-4-8-12(10)17;1-2-3-6-16-10-7-9-4-5-14-12(13)11(9)15-8-10;1-2-5-15-9-6-8-3-4-13-11(12)10(8)14-7-9/h1-8H;4-5,7-8H,6H2,1H3;1,3-4,6-7H,5H2/q+1;;. The van der Waals surface area contributed by atoms with Gasteiger partial charge in [0.25, 0.3) is 0 Å². The third-order valence-corrected chi connectivity index (χ3v) is 9.21. The number of fused-ring (bicyclic) bond motifs is 5. The largest absolute Gasteiger partial charge is 0.601 e. The van der Waals surface area contributed by atoms with E-state index in [0.29, 0.717) is 59.6 Å². The Kier molecular flexibility index (Phi) is 11.1. The molecule has 0 aliphatic carbocycles. The lowest BCUT2D eigenvalue weighted by atomic mass is 10.2. The van der Waals surface area contributed by atoms with Crippen LogP contribution in [0.4, 0.5) is 13.2 Å². The van der Waals surface area contributed by atoms with Crippen molar-refractivity contribution >= 4 is 75.6 Å². The summed E-state index contributed by atoms with van der Waals surface area (Å²) in [5.74, 6) is 9.27. The number of benzene rings is 2. The van der Waals surface area contributed by atoms with E-state index in [2.05, 4.69) is 37.7 Å². The third-order valence-electron chi connectivity index (χ3n) is 6.60. The predicted octanol–water partition coefficient (Wildman–Crippen LogP) is 10.2. The maximum absolute atomic E-state index is 13.1. The molecular weight excluding hydrogens is 680 g/mol. The van der Waals surface area contributed by atoms with Crippen LogP contribution in [0, 0.1) is 24.2 Å². The molecule has 0 amide bonds. The summed E-state index contributed by atoms with van der Waals surface area (Å²) in [7, 11) is -1.79. The van der Waals surface area contributed by atoms with Crippen molar-refractivity contribution in [2.75, 3.05) is 13.2 Å². The summed E-state index contributed by atoms with van der Waals surface area (Å²) in [6, 6.07) is 20.9. The SMILES string of the molecule is C#CCOc1cnc2c(Cl)nccc2c1.CC#CCOc1cnc2c(Cl)nccc2c1.FC(F)(F)[s+]1c2ccccc2c2ccccc21. The number of ether oxygens (including phenoxy) is 2. The number of hydrogen-bond donors (Lipinski definition) is 0. The smallest absolute Gasteiger partial charge is 0.479 e. The van der Waals surface area contributed by atoms with Crippen LogP contribution < -0.4 is 9.47 Å². The summed E-state index contributed by atoms with van der Waals surface area (Å²) in [5.41, 5.74) is -2.87. The summed E-state index contributed by atoms with van der Waals surface area (Å²) >= 11 is 11.8. The molecule has 240 valence electrons. The Balaban J connectivity index is 0.000000141. The molecule has 0 aliphatic heterocycles. The third kappa shape index (κ3) is 8.04. The Labute approximate surface area is 286 Å². The van der Waals surface area contributed by atoms with Gasteiger partial charge in [-0.05, 0) is 55.5 Å². The number of aromatic nitrogens is 4. The molecule has 2 aromatic carbocycles. The van der Waals surface area contributed by atoms with Crippen molar-refractivity contribution in [2.45, 2.75) is 12.4 Å². The lowest BCUT2D eigenvalue weighted by Crippen LogP contribution is -1.94. The number of alkyl halides is 3. The average molecular weight is 705 g/mol. The number of hydrogen-bond acceptors (Lipinski definition) is 6. The van der Waals surface area contributed by atoms with Crippen LogP contribution in [0.3, 0.4) is 0 Å². The minimum absolute atomic E-state index is 0.228. The van der Waals surface area contributed by atoms with E-state index < -0.39 is 16.0 Å². The highest BCUT2D eigenvalue weighted by molar-refractivity contribution is 7.43. The highest BCUT2D eigenvalue weighted by Gasteiger charge is 2.47. The van der Waals surface area contributed by atoms with Crippen molar-refractivity contribution in [1.29, 1.82) is 0 Å². The highest BCUT2D eigenvalue weighted by atomic mass is 35.5. The van der Waals surface area contributed by atoms with E-state index in [0.717, 1.165) is 10.8 Å². The van der Waals surface area contributed by atoms with Gasteiger partial charge < -0.3 is 9.47 Å². The quantitative estimate of drug-likeness (QED) is 0.103. The molecule has 0 N–H and O–H groups in total.